The van der Waals surface area contributed by atoms with Crippen LogP contribution in [0.25, 0.3) is 10.9 Å². The smallest absolute Gasteiger partial charge is 0.410 e. The van der Waals surface area contributed by atoms with Gasteiger partial charge in [-0.15, -0.1) is 0 Å². The van der Waals surface area contributed by atoms with E-state index in [1.54, 1.807) is 4.90 Å². The molecule has 6 nitrogen and oxygen atoms in total. The van der Waals surface area contributed by atoms with Crippen LogP contribution in [0.4, 0.5) is 9.18 Å². The lowest BCUT2D eigenvalue weighted by Crippen LogP contribution is -2.44. The van der Waals surface area contributed by atoms with E-state index >= 15 is 0 Å². The first-order valence-electron chi connectivity index (χ1n) is 8.48. The minimum atomic E-state index is -0.522. The number of halogens is 2. The fraction of sp³-hybridized carbons (Fsp3) is 0.500. The average Bonchev–Trinajstić information content (AvgIpc) is 2.53. The van der Waals surface area contributed by atoms with Gasteiger partial charge in [0.25, 0.3) is 0 Å². The third kappa shape index (κ3) is 4.52. The van der Waals surface area contributed by atoms with Crippen molar-refractivity contribution in [2.24, 2.45) is 0 Å². The molecule has 8 heteroatoms. The second-order valence-corrected chi connectivity index (χ2v) is 7.60. The number of amides is 1. The van der Waals surface area contributed by atoms with Crippen molar-refractivity contribution in [3.05, 3.63) is 29.4 Å². The number of likely N-dealkylation sites (tertiary alicyclic amines) is 1. The molecule has 0 saturated carbocycles. The number of nitrogens with zero attached hydrogens (tertiary/aromatic N) is 3. The van der Waals surface area contributed by atoms with E-state index in [0.29, 0.717) is 42.6 Å². The van der Waals surface area contributed by atoms with Crippen LogP contribution in [0.2, 0.25) is 5.28 Å². The molecule has 3 rings (SSSR count). The first kappa shape index (κ1) is 18.6. The van der Waals surface area contributed by atoms with Gasteiger partial charge >= 0.3 is 6.09 Å². The molecule has 1 aliphatic heterocycles. The van der Waals surface area contributed by atoms with E-state index in [-0.39, 0.29) is 17.5 Å². The van der Waals surface area contributed by atoms with Gasteiger partial charge in [-0.25, -0.2) is 19.2 Å². The first-order valence-corrected chi connectivity index (χ1v) is 8.85. The summed E-state index contributed by atoms with van der Waals surface area (Å²) >= 11 is 5.77. The first-order chi connectivity index (χ1) is 12.2. The molecule has 0 unspecified atom stereocenters. The van der Waals surface area contributed by atoms with Crippen LogP contribution >= 0.6 is 11.6 Å². The zero-order valence-corrected chi connectivity index (χ0v) is 15.7. The van der Waals surface area contributed by atoms with E-state index in [9.17, 15) is 9.18 Å². The predicted octanol–water partition coefficient (Wildman–Crippen LogP) is 4.20. The molecule has 0 radical (unpaired) electrons. The number of ether oxygens (including phenoxy) is 2. The molecular formula is C18H21ClFN3O3. The van der Waals surface area contributed by atoms with Gasteiger partial charge in [-0.3, -0.25) is 0 Å². The largest absolute Gasteiger partial charge is 0.489 e. The predicted molar refractivity (Wildman–Crippen MR) is 96.0 cm³/mol. The van der Waals surface area contributed by atoms with E-state index in [4.69, 9.17) is 21.1 Å². The highest BCUT2D eigenvalue weighted by molar-refractivity contribution is 6.28. The maximum Gasteiger partial charge on any atom is 0.410 e. The van der Waals surface area contributed by atoms with Crippen LogP contribution in [-0.4, -0.2) is 45.8 Å². The number of carbonyl (C=O) groups excluding carboxylic acids is 1. The summed E-state index contributed by atoms with van der Waals surface area (Å²) in [7, 11) is 0. The Morgan fingerprint density at radius 1 is 1.31 bits per heavy atom. The molecule has 140 valence electrons. The topological polar surface area (TPSA) is 64.5 Å². The number of hydrogen-bond donors (Lipinski definition) is 0. The van der Waals surface area contributed by atoms with Crippen molar-refractivity contribution < 1.29 is 18.7 Å². The Labute approximate surface area is 156 Å². The van der Waals surface area contributed by atoms with E-state index in [1.807, 2.05) is 20.8 Å². The van der Waals surface area contributed by atoms with Gasteiger partial charge in [0.1, 0.15) is 23.3 Å². The Morgan fingerprint density at radius 3 is 2.65 bits per heavy atom. The van der Waals surface area contributed by atoms with Gasteiger partial charge in [-0.05, 0) is 32.4 Å². The molecule has 1 aromatic heterocycles. The van der Waals surface area contributed by atoms with Crippen LogP contribution in [0, 0.1) is 5.82 Å². The van der Waals surface area contributed by atoms with Gasteiger partial charge in [0.15, 0.2) is 0 Å². The number of benzene rings is 1. The number of piperidine rings is 1. The Balaban J connectivity index is 1.67. The number of carbonyl (C=O) groups is 1. The average molecular weight is 382 g/mol. The van der Waals surface area contributed by atoms with Crippen molar-refractivity contribution in [1.29, 1.82) is 0 Å². The van der Waals surface area contributed by atoms with Gasteiger partial charge in [-0.1, -0.05) is 0 Å². The molecule has 2 aromatic rings. The maximum atomic E-state index is 13.9. The standard InChI is InChI=1S/C18H21ClFN3O3/c1-18(2,3)26-17(24)23-6-4-12(5-7-23)25-15-9-11(20)8-14-13(15)10-21-16(19)22-14/h8-10,12H,4-7H2,1-3H3. The molecule has 0 spiro atoms. The number of hydrogen-bond acceptors (Lipinski definition) is 5. The van der Waals surface area contributed by atoms with Crippen molar-refractivity contribution >= 4 is 28.6 Å². The van der Waals surface area contributed by atoms with E-state index in [2.05, 4.69) is 9.97 Å². The second kappa shape index (κ2) is 7.23. The summed E-state index contributed by atoms with van der Waals surface area (Å²) in [5.41, 5.74) is -0.127. The number of aromatic nitrogens is 2. The van der Waals surface area contributed by atoms with Gasteiger partial charge in [0.2, 0.25) is 5.28 Å². The van der Waals surface area contributed by atoms with Crippen LogP contribution in [0.1, 0.15) is 33.6 Å². The van der Waals surface area contributed by atoms with Crippen molar-refractivity contribution in [3.63, 3.8) is 0 Å². The van der Waals surface area contributed by atoms with Crippen molar-refractivity contribution in [2.75, 3.05) is 13.1 Å². The van der Waals surface area contributed by atoms with Gasteiger partial charge < -0.3 is 14.4 Å². The van der Waals surface area contributed by atoms with Crippen molar-refractivity contribution in [3.8, 4) is 5.75 Å². The molecule has 0 N–H and O–H groups in total. The maximum absolute atomic E-state index is 13.9. The molecule has 0 bridgehead atoms. The van der Waals surface area contributed by atoms with Crippen LogP contribution in [0.5, 0.6) is 5.75 Å². The van der Waals surface area contributed by atoms with E-state index < -0.39 is 11.4 Å². The highest BCUT2D eigenvalue weighted by Crippen LogP contribution is 2.29. The minimum Gasteiger partial charge on any atom is -0.489 e. The zero-order valence-electron chi connectivity index (χ0n) is 15.0. The van der Waals surface area contributed by atoms with Gasteiger partial charge in [0, 0.05) is 44.3 Å². The SMILES string of the molecule is CC(C)(C)OC(=O)N1CCC(Oc2cc(F)cc3nc(Cl)ncc23)CC1. The molecule has 1 fully saturated rings. The molecule has 1 amide bonds. The molecule has 1 aliphatic rings. The van der Waals surface area contributed by atoms with Crippen LogP contribution in [-0.2, 0) is 4.74 Å². The molecule has 2 heterocycles. The monoisotopic (exact) mass is 381 g/mol. The molecule has 1 saturated heterocycles. The summed E-state index contributed by atoms with van der Waals surface area (Å²) in [6.07, 6.45) is 2.33. The number of fused-ring (bicyclic) bond motifs is 1. The van der Waals surface area contributed by atoms with Crippen LogP contribution < -0.4 is 4.74 Å². The highest BCUT2D eigenvalue weighted by atomic mass is 35.5. The van der Waals surface area contributed by atoms with Crippen molar-refractivity contribution in [2.45, 2.75) is 45.3 Å². The zero-order chi connectivity index (χ0) is 18.9. The molecule has 0 atom stereocenters. The summed E-state index contributed by atoms with van der Waals surface area (Å²) in [5.74, 6) is -0.0687. The van der Waals surface area contributed by atoms with Crippen LogP contribution in [0.3, 0.4) is 0 Å². The Morgan fingerprint density at radius 2 is 2.00 bits per heavy atom. The summed E-state index contributed by atoms with van der Waals surface area (Å²) in [6, 6.07) is 2.61. The Bertz CT molecular complexity index is 812. The molecule has 26 heavy (non-hydrogen) atoms. The Hall–Kier alpha value is -2.15. The third-order valence-electron chi connectivity index (χ3n) is 3.99. The van der Waals surface area contributed by atoms with Crippen molar-refractivity contribution in [1.82, 2.24) is 14.9 Å². The lowest BCUT2D eigenvalue weighted by Gasteiger charge is -2.33. The summed E-state index contributed by atoms with van der Waals surface area (Å²) in [4.78, 5) is 21.7. The quantitative estimate of drug-likeness (QED) is 0.729. The fourth-order valence-corrected chi connectivity index (χ4v) is 2.95. The fourth-order valence-electron chi connectivity index (χ4n) is 2.81. The summed E-state index contributed by atoms with van der Waals surface area (Å²) < 4.78 is 25.2. The lowest BCUT2D eigenvalue weighted by atomic mass is 10.1. The Kier molecular flexibility index (Phi) is 5.18. The second-order valence-electron chi connectivity index (χ2n) is 7.26. The minimum absolute atomic E-state index is 0.0553. The van der Waals surface area contributed by atoms with Gasteiger partial charge in [0.05, 0.1) is 10.9 Å². The van der Waals surface area contributed by atoms with E-state index in [1.165, 1.54) is 18.3 Å². The summed E-state index contributed by atoms with van der Waals surface area (Å²) in [5, 5.41) is 0.657. The summed E-state index contributed by atoms with van der Waals surface area (Å²) in [6.45, 7) is 6.56. The lowest BCUT2D eigenvalue weighted by molar-refractivity contribution is 0.0127. The molecule has 1 aromatic carbocycles. The normalized spacial score (nSPS) is 16.0. The highest BCUT2D eigenvalue weighted by Gasteiger charge is 2.28. The molecule has 0 aliphatic carbocycles. The van der Waals surface area contributed by atoms with Gasteiger partial charge in [-0.2, -0.15) is 0 Å². The molecular weight excluding hydrogens is 361 g/mol. The third-order valence-corrected chi connectivity index (χ3v) is 4.17. The van der Waals surface area contributed by atoms with E-state index in [0.717, 1.165) is 0 Å². The van der Waals surface area contributed by atoms with Crippen LogP contribution in [0.15, 0.2) is 18.3 Å². The number of rotatable bonds is 2.